The van der Waals surface area contributed by atoms with Gasteiger partial charge in [0.15, 0.2) is 0 Å². The molecular weight excluding hydrogens is 202 g/mol. The Morgan fingerprint density at radius 2 is 2.00 bits per heavy atom. The van der Waals surface area contributed by atoms with Gasteiger partial charge in [0, 0.05) is 11.3 Å². The summed E-state index contributed by atoms with van der Waals surface area (Å²) in [4.78, 5) is 9.59. The summed E-state index contributed by atoms with van der Waals surface area (Å²) in [6, 6.07) is 0. The van der Waals surface area contributed by atoms with Gasteiger partial charge < -0.3 is 0 Å². The van der Waals surface area contributed by atoms with Crippen LogP contribution in [0.2, 0.25) is 0 Å². The fraction of sp³-hybridized carbons (Fsp3) is 1.00. The second kappa shape index (κ2) is 2.43. The molecule has 0 amide bonds. The van der Waals surface area contributed by atoms with Crippen LogP contribution >= 0.6 is 11.6 Å². The normalized spacial score (nSPS) is 49.6. The van der Waals surface area contributed by atoms with Crippen molar-refractivity contribution in [3.05, 3.63) is 10.1 Å². The molecule has 0 aromatic heterocycles. The number of fused-ring (bicyclic) bond motifs is 2. The molecule has 2 rings (SSSR count). The first kappa shape index (κ1) is 10.2. The van der Waals surface area contributed by atoms with Crippen molar-refractivity contribution in [2.75, 3.05) is 0 Å². The summed E-state index contributed by atoms with van der Waals surface area (Å²) in [6.45, 7) is 6.23. The second-order valence-corrected chi connectivity index (χ2v) is 6.14. The molecule has 2 fully saturated rings. The Balaban J connectivity index is 2.50. The maximum Gasteiger partial charge on any atom is 0.300 e. The lowest BCUT2D eigenvalue weighted by Gasteiger charge is -2.38. The largest absolute Gasteiger partial charge is 0.300 e. The van der Waals surface area contributed by atoms with Gasteiger partial charge in [-0.2, -0.15) is 0 Å². The molecule has 80 valence electrons. The number of alkyl halides is 1. The third kappa shape index (κ3) is 0.807. The summed E-state index contributed by atoms with van der Waals surface area (Å²) < 4.78 is 0. The molecule has 2 saturated carbocycles. The topological polar surface area (TPSA) is 43.1 Å². The molecular formula is C10H16ClNO2. The average Bonchev–Trinajstić information content (AvgIpc) is 2.36. The Kier molecular flexibility index (Phi) is 1.78. The van der Waals surface area contributed by atoms with E-state index in [0.29, 0.717) is 12.3 Å². The maximum absolute atomic E-state index is 11.1. The minimum atomic E-state index is -1.22. The van der Waals surface area contributed by atoms with E-state index < -0.39 is 5.00 Å². The lowest BCUT2D eigenvalue weighted by Crippen LogP contribution is -2.48. The molecule has 2 aliphatic rings. The van der Waals surface area contributed by atoms with E-state index in [1.54, 1.807) is 0 Å². The number of hydrogen-bond acceptors (Lipinski definition) is 2. The van der Waals surface area contributed by atoms with Gasteiger partial charge >= 0.3 is 5.00 Å². The summed E-state index contributed by atoms with van der Waals surface area (Å²) in [5.74, 6) is 0.412. The molecule has 4 heteroatoms. The number of rotatable bonds is 1. The Morgan fingerprint density at radius 3 is 2.21 bits per heavy atom. The highest BCUT2D eigenvalue weighted by atomic mass is 35.5. The monoisotopic (exact) mass is 217 g/mol. The molecule has 0 aromatic rings. The highest BCUT2D eigenvalue weighted by Crippen LogP contribution is 2.71. The van der Waals surface area contributed by atoms with E-state index in [1.165, 1.54) is 0 Å². The van der Waals surface area contributed by atoms with E-state index >= 15 is 0 Å². The van der Waals surface area contributed by atoms with Crippen molar-refractivity contribution in [3.8, 4) is 0 Å². The van der Waals surface area contributed by atoms with Gasteiger partial charge in [-0.25, -0.2) is 0 Å². The van der Waals surface area contributed by atoms with Crippen molar-refractivity contribution >= 4 is 11.6 Å². The maximum atomic E-state index is 11.1. The standard InChI is InChI=1S/C10H16ClNO2/c1-8(2)7-4-5-9(8,3)10(11,6-7)12(13)14/h7H,4-6H2,1-3H3/t7-,9-,10+/m1/s1. The van der Waals surface area contributed by atoms with Crippen LogP contribution in [-0.2, 0) is 0 Å². The van der Waals surface area contributed by atoms with Crippen LogP contribution in [0, 0.1) is 26.9 Å². The van der Waals surface area contributed by atoms with Crippen LogP contribution in [0.5, 0.6) is 0 Å². The molecule has 3 atom stereocenters. The van der Waals surface area contributed by atoms with E-state index in [-0.39, 0.29) is 15.8 Å². The first-order valence-electron chi connectivity index (χ1n) is 5.09. The van der Waals surface area contributed by atoms with Crippen LogP contribution in [0.3, 0.4) is 0 Å². The van der Waals surface area contributed by atoms with E-state index in [0.717, 1.165) is 12.8 Å². The van der Waals surface area contributed by atoms with Crippen LogP contribution in [0.1, 0.15) is 40.0 Å². The fourth-order valence-corrected chi connectivity index (χ4v) is 3.99. The van der Waals surface area contributed by atoms with Gasteiger partial charge in [-0.3, -0.25) is 10.1 Å². The SMILES string of the molecule is CC1(C)[C@@H]2CC[C@@]1(C)[C@@](Cl)([N+](=O)[O-])C2. The van der Waals surface area contributed by atoms with Crippen molar-refractivity contribution in [1.82, 2.24) is 0 Å². The van der Waals surface area contributed by atoms with Crippen LogP contribution in [0.15, 0.2) is 0 Å². The molecule has 0 saturated heterocycles. The minimum absolute atomic E-state index is 0.00181. The number of halogens is 1. The number of nitro groups is 1. The van der Waals surface area contributed by atoms with E-state index in [2.05, 4.69) is 13.8 Å². The summed E-state index contributed by atoms with van der Waals surface area (Å²) in [6.07, 6.45) is 2.51. The van der Waals surface area contributed by atoms with Crippen LogP contribution < -0.4 is 0 Å². The molecule has 0 heterocycles. The van der Waals surface area contributed by atoms with E-state index in [1.807, 2.05) is 6.92 Å². The predicted octanol–water partition coefficient (Wildman–Crippen LogP) is 3.04. The minimum Gasteiger partial charge on any atom is -0.263 e. The molecule has 0 radical (unpaired) electrons. The van der Waals surface area contributed by atoms with Gasteiger partial charge in [-0.1, -0.05) is 20.8 Å². The summed E-state index contributed by atoms with van der Waals surface area (Å²) in [7, 11) is 0. The molecule has 0 aromatic carbocycles. The molecule has 3 nitrogen and oxygen atoms in total. The Labute approximate surface area is 89.0 Å². The fourth-order valence-electron chi connectivity index (χ4n) is 3.47. The van der Waals surface area contributed by atoms with E-state index in [9.17, 15) is 10.1 Å². The lowest BCUT2D eigenvalue weighted by atomic mass is 9.69. The van der Waals surface area contributed by atoms with Gasteiger partial charge in [0.1, 0.15) is 0 Å². The van der Waals surface area contributed by atoms with Crippen molar-refractivity contribution in [2.45, 2.75) is 45.0 Å². The Morgan fingerprint density at radius 1 is 1.43 bits per heavy atom. The first-order chi connectivity index (χ1) is 6.26. The quantitative estimate of drug-likeness (QED) is 0.293. The molecule has 2 aliphatic carbocycles. The molecule has 2 bridgehead atoms. The number of hydrogen-bond donors (Lipinski definition) is 0. The third-order valence-electron chi connectivity index (χ3n) is 5.09. The number of nitrogens with zero attached hydrogens (tertiary/aromatic N) is 1. The van der Waals surface area contributed by atoms with Crippen LogP contribution in [0.4, 0.5) is 0 Å². The Hall–Kier alpha value is -0.310. The van der Waals surface area contributed by atoms with Crippen molar-refractivity contribution in [3.63, 3.8) is 0 Å². The predicted molar refractivity (Wildman–Crippen MR) is 54.8 cm³/mol. The highest BCUT2D eigenvalue weighted by molar-refractivity contribution is 6.23. The second-order valence-electron chi connectivity index (χ2n) is 5.51. The molecule has 0 spiro atoms. The van der Waals surface area contributed by atoms with Gasteiger partial charge in [0.05, 0.1) is 5.41 Å². The Bertz CT molecular complexity index is 304. The van der Waals surface area contributed by atoms with Crippen LogP contribution in [-0.4, -0.2) is 9.92 Å². The van der Waals surface area contributed by atoms with Gasteiger partial charge in [-0.15, -0.1) is 0 Å². The summed E-state index contributed by atoms with van der Waals surface area (Å²) in [5, 5.41) is 11.1. The third-order valence-corrected chi connectivity index (χ3v) is 5.80. The van der Waals surface area contributed by atoms with Crippen LogP contribution in [0.25, 0.3) is 0 Å². The first-order valence-corrected chi connectivity index (χ1v) is 5.47. The molecule has 0 unspecified atom stereocenters. The average molecular weight is 218 g/mol. The van der Waals surface area contributed by atoms with Gasteiger partial charge in [-0.05, 0) is 35.8 Å². The molecule has 14 heavy (non-hydrogen) atoms. The summed E-state index contributed by atoms with van der Waals surface area (Å²) in [5.41, 5.74) is -0.350. The smallest absolute Gasteiger partial charge is 0.263 e. The molecule has 0 aliphatic heterocycles. The van der Waals surface area contributed by atoms with Gasteiger partial charge in [0.2, 0.25) is 0 Å². The van der Waals surface area contributed by atoms with Gasteiger partial charge in [0.25, 0.3) is 0 Å². The summed E-state index contributed by atoms with van der Waals surface area (Å²) >= 11 is 6.23. The van der Waals surface area contributed by atoms with Crippen molar-refractivity contribution in [1.29, 1.82) is 0 Å². The van der Waals surface area contributed by atoms with Crippen molar-refractivity contribution < 1.29 is 4.92 Å². The van der Waals surface area contributed by atoms with Crippen molar-refractivity contribution in [2.24, 2.45) is 16.7 Å². The zero-order chi connectivity index (χ0) is 10.8. The van der Waals surface area contributed by atoms with E-state index in [4.69, 9.17) is 11.6 Å². The highest BCUT2D eigenvalue weighted by Gasteiger charge is 2.75. The lowest BCUT2D eigenvalue weighted by molar-refractivity contribution is -0.562. The zero-order valence-corrected chi connectivity index (χ0v) is 9.60. The zero-order valence-electron chi connectivity index (χ0n) is 8.84. The molecule has 0 N–H and O–H groups in total.